The van der Waals surface area contributed by atoms with Gasteiger partial charge in [0.2, 0.25) is 5.56 Å². The normalized spacial score (nSPS) is 18.2. The molecule has 1 unspecified atom stereocenters. The maximum Gasteiger partial charge on any atom is 0.260 e. The highest BCUT2D eigenvalue weighted by atomic mass is 32.2. The van der Waals surface area contributed by atoms with Crippen LogP contribution in [-0.4, -0.2) is 49.9 Å². The van der Waals surface area contributed by atoms with Gasteiger partial charge in [-0.2, -0.15) is 14.5 Å². The molecule has 0 radical (unpaired) electrons. The number of sulfonamides is 1. The first kappa shape index (κ1) is 25.3. The summed E-state index contributed by atoms with van der Waals surface area (Å²) in [4.78, 5) is 11.9. The number of hydrogen-bond donors (Lipinski definition) is 0. The second-order valence-corrected chi connectivity index (χ2v) is 12.3. The lowest BCUT2D eigenvalue weighted by Gasteiger charge is -2.32. The minimum absolute atomic E-state index is 0.0802. The summed E-state index contributed by atoms with van der Waals surface area (Å²) in [7, 11) is -0.328. The van der Waals surface area contributed by atoms with Crippen molar-refractivity contribution in [2.24, 2.45) is 14.1 Å². The average molecular weight is 543 g/mol. The Balaban J connectivity index is 1.45. The van der Waals surface area contributed by atoms with Crippen LogP contribution in [0.5, 0.6) is 0 Å². The summed E-state index contributed by atoms with van der Waals surface area (Å²) in [6.45, 7) is 2.88. The fourth-order valence-corrected chi connectivity index (χ4v) is 7.52. The maximum absolute atomic E-state index is 13.6. The Bertz CT molecular complexity index is 1850. The molecule has 1 aliphatic heterocycles. The molecule has 10 heteroatoms. The zero-order valence-corrected chi connectivity index (χ0v) is 23.0. The third kappa shape index (κ3) is 4.29. The molecule has 39 heavy (non-hydrogen) atoms. The van der Waals surface area contributed by atoms with E-state index in [4.69, 9.17) is 0 Å². The van der Waals surface area contributed by atoms with E-state index in [-0.39, 0.29) is 10.6 Å². The minimum Gasteiger partial charge on any atom is -0.316 e. The molecule has 200 valence electrons. The van der Waals surface area contributed by atoms with E-state index >= 15 is 0 Å². The highest BCUT2D eigenvalue weighted by Crippen LogP contribution is 2.42. The molecule has 0 N–H and O–H groups in total. The number of aromatic nitrogens is 5. The van der Waals surface area contributed by atoms with Crippen molar-refractivity contribution in [1.82, 2.24) is 28.4 Å². The second kappa shape index (κ2) is 9.32. The van der Waals surface area contributed by atoms with Crippen molar-refractivity contribution < 1.29 is 8.42 Å². The van der Waals surface area contributed by atoms with Gasteiger partial charge in [-0.25, -0.2) is 13.1 Å². The third-order valence-electron chi connectivity index (χ3n) is 7.88. The zero-order chi connectivity index (χ0) is 27.4. The molecule has 0 aliphatic carbocycles. The summed E-state index contributed by atoms with van der Waals surface area (Å²) in [6.07, 6.45) is 6.53. The van der Waals surface area contributed by atoms with Crippen molar-refractivity contribution in [3.05, 3.63) is 106 Å². The minimum atomic E-state index is -3.70. The average Bonchev–Trinajstić information content (AvgIpc) is 3.65. The molecule has 1 saturated heterocycles. The number of rotatable bonds is 6. The predicted octanol–water partition coefficient (Wildman–Crippen LogP) is 3.34. The second-order valence-electron chi connectivity index (χ2n) is 10.4. The van der Waals surface area contributed by atoms with E-state index in [1.807, 2.05) is 29.1 Å². The van der Waals surface area contributed by atoms with Crippen LogP contribution in [0.3, 0.4) is 0 Å². The van der Waals surface area contributed by atoms with Gasteiger partial charge in [0.05, 0.1) is 23.6 Å². The molecule has 0 saturated carbocycles. The lowest BCUT2D eigenvalue weighted by molar-refractivity contribution is 0.410. The van der Waals surface area contributed by atoms with Gasteiger partial charge >= 0.3 is 0 Å². The van der Waals surface area contributed by atoms with Crippen LogP contribution in [0.1, 0.15) is 23.1 Å². The molecular weight excluding hydrogens is 512 g/mol. The van der Waals surface area contributed by atoms with Gasteiger partial charge in [0.1, 0.15) is 0 Å². The summed E-state index contributed by atoms with van der Waals surface area (Å²) < 4.78 is 33.6. The SMILES string of the molecule is Cc1cc2c(cnn2-c2ccc(=O)n(C)c2)cc1C1(Cc2ccccc2)CCN(S(=O)(=O)c2ccnn2C)C1. The lowest BCUT2D eigenvalue weighted by Crippen LogP contribution is -2.37. The summed E-state index contributed by atoms with van der Waals surface area (Å²) in [5.74, 6) is 0. The first-order valence-electron chi connectivity index (χ1n) is 12.9. The number of hydrogen-bond acceptors (Lipinski definition) is 5. The Hall–Kier alpha value is -4.02. The number of fused-ring (bicyclic) bond motifs is 1. The van der Waals surface area contributed by atoms with Gasteiger partial charge in [0.25, 0.3) is 10.0 Å². The smallest absolute Gasteiger partial charge is 0.260 e. The molecule has 4 heterocycles. The lowest BCUT2D eigenvalue weighted by atomic mass is 9.73. The van der Waals surface area contributed by atoms with Crippen LogP contribution in [0.4, 0.5) is 0 Å². The quantitative estimate of drug-likeness (QED) is 0.328. The van der Waals surface area contributed by atoms with E-state index in [9.17, 15) is 13.2 Å². The summed E-state index contributed by atoms with van der Waals surface area (Å²) in [5.41, 5.74) is 4.60. The van der Waals surface area contributed by atoms with E-state index in [1.165, 1.54) is 21.5 Å². The van der Waals surface area contributed by atoms with Gasteiger partial charge in [-0.3, -0.25) is 9.48 Å². The first-order valence-corrected chi connectivity index (χ1v) is 14.3. The molecular formula is C29H30N6O3S. The number of pyridine rings is 1. The van der Waals surface area contributed by atoms with Crippen LogP contribution < -0.4 is 5.56 Å². The van der Waals surface area contributed by atoms with Gasteiger partial charge in [0, 0.05) is 50.2 Å². The van der Waals surface area contributed by atoms with Gasteiger partial charge in [-0.1, -0.05) is 30.3 Å². The van der Waals surface area contributed by atoms with Crippen LogP contribution in [-0.2, 0) is 36.0 Å². The van der Waals surface area contributed by atoms with Gasteiger partial charge in [0.15, 0.2) is 5.03 Å². The summed E-state index contributed by atoms with van der Waals surface area (Å²) in [5, 5.41) is 9.88. The van der Waals surface area contributed by atoms with Crippen molar-refractivity contribution >= 4 is 20.9 Å². The molecule has 0 bridgehead atoms. The molecule has 1 atom stereocenters. The van der Waals surface area contributed by atoms with E-state index < -0.39 is 15.4 Å². The molecule has 1 aliphatic rings. The van der Waals surface area contributed by atoms with E-state index in [1.54, 1.807) is 36.7 Å². The molecule has 9 nitrogen and oxygen atoms in total. The van der Waals surface area contributed by atoms with Crippen LogP contribution in [0.15, 0.2) is 89.1 Å². The third-order valence-corrected chi connectivity index (χ3v) is 9.80. The van der Waals surface area contributed by atoms with Crippen molar-refractivity contribution in [1.29, 1.82) is 0 Å². The van der Waals surface area contributed by atoms with E-state index in [0.717, 1.165) is 33.3 Å². The Labute approximate surface area is 227 Å². The van der Waals surface area contributed by atoms with Crippen LogP contribution in [0, 0.1) is 6.92 Å². The highest BCUT2D eigenvalue weighted by molar-refractivity contribution is 7.89. The summed E-state index contributed by atoms with van der Waals surface area (Å²) >= 11 is 0. The molecule has 5 aromatic rings. The van der Waals surface area contributed by atoms with E-state index in [0.29, 0.717) is 25.9 Å². The molecule has 0 amide bonds. The standard InChI is InChI=1S/C29H30N6O3S/c1-21-15-26-23(18-31-35(26)24-9-10-27(36)32(2)19-24)16-25(21)29(17-22-7-5-4-6-8-22)12-14-34(20-29)39(37,38)28-11-13-30-33(28)3/h4-11,13,15-16,18-19H,12,14,17,20H2,1-3H3. The maximum atomic E-state index is 13.6. The molecule has 2 aromatic carbocycles. The topological polar surface area (TPSA) is 95.0 Å². The van der Waals surface area contributed by atoms with Crippen LogP contribution >= 0.6 is 0 Å². The van der Waals surface area contributed by atoms with Crippen LogP contribution in [0.25, 0.3) is 16.6 Å². The molecule has 1 fully saturated rings. The largest absolute Gasteiger partial charge is 0.316 e. The fraction of sp³-hybridized carbons (Fsp3) is 0.276. The first-order chi connectivity index (χ1) is 18.7. The zero-order valence-electron chi connectivity index (χ0n) is 22.2. The predicted molar refractivity (Wildman–Crippen MR) is 149 cm³/mol. The molecule has 3 aromatic heterocycles. The Morgan fingerprint density at radius 3 is 2.51 bits per heavy atom. The van der Waals surface area contributed by atoms with E-state index in [2.05, 4.69) is 41.4 Å². The summed E-state index contributed by atoms with van der Waals surface area (Å²) in [6, 6.07) is 19.4. The van der Waals surface area contributed by atoms with Crippen molar-refractivity contribution in [2.45, 2.75) is 30.2 Å². The molecule has 6 rings (SSSR count). The van der Waals surface area contributed by atoms with Gasteiger partial charge < -0.3 is 4.57 Å². The number of aryl methyl sites for hydroxylation is 3. The van der Waals surface area contributed by atoms with Crippen molar-refractivity contribution in [2.75, 3.05) is 13.1 Å². The molecule has 0 spiro atoms. The fourth-order valence-electron chi connectivity index (χ4n) is 5.89. The number of nitrogens with zero attached hydrogens (tertiary/aromatic N) is 6. The van der Waals surface area contributed by atoms with Crippen molar-refractivity contribution in [3.8, 4) is 5.69 Å². The van der Waals surface area contributed by atoms with Crippen molar-refractivity contribution in [3.63, 3.8) is 0 Å². The Kier molecular flexibility index (Phi) is 6.04. The monoisotopic (exact) mass is 542 g/mol. The van der Waals surface area contributed by atoms with Gasteiger partial charge in [-0.05, 0) is 60.7 Å². The van der Waals surface area contributed by atoms with Gasteiger partial charge in [-0.15, -0.1) is 0 Å². The number of benzene rings is 2. The Morgan fingerprint density at radius 1 is 1.00 bits per heavy atom. The van der Waals surface area contributed by atoms with Crippen LogP contribution in [0.2, 0.25) is 0 Å². The highest BCUT2D eigenvalue weighted by Gasteiger charge is 2.45. The Morgan fingerprint density at radius 2 is 1.79 bits per heavy atom.